The number of benzene rings is 1. The summed E-state index contributed by atoms with van der Waals surface area (Å²) in [6, 6.07) is 6.05. The van der Waals surface area contributed by atoms with Crippen LogP contribution in [0.5, 0.6) is 0 Å². The van der Waals surface area contributed by atoms with E-state index in [0.29, 0.717) is 0 Å². The molecular weight excluding hydrogens is 108 g/mol. The molecule has 9 heavy (non-hydrogen) atoms. The number of aryl methyl sites for hydroxylation is 1. The Morgan fingerprint density at radius 1 is 1.11 bits per heavy atom. The minimum atomic E-state index is 1.01. The molecule has 1 aromatic rings. The number of hydrogen-bond donors (Lipinski definition) is 0. The quantitative estimate of drug-likeness (QED) is 0.473. The van der Waals surface area contributed by atoms with Crippen LogP contribution in [0.3, 0.4) is 0 Å². The van der Waals surface area contributed by atoms with E-state index in [9.17, 15) is 0 Å². The molecule has 0 aliphatic carbocycles. The summed E-state index contributed by atoms with van der Waals surface area (Å²) in [5, 5.41) is 2.04. The van der Waals surface area contributed by atoms with Gasteiger partial charge in [-0.25, -0.2) is 0 Å². The predicted molar refractivity (Wildman–Crippen MR) is 41.5 cm³/mol. The standard InChI is InChI=1S/C9H10/c1-7-4-5-8(2)9(3)6-7/h4-6H,2-3H2,1H3. The van der Waals surface area contributed by atoms with Crippen molar-refractivity contribution in [3.8, 4) is 0 Å². The van der Waals surface area contributed by atoms with Crippen molar-refractivity contribution in [2.24, 2.45) is 0 Å². The lowest BCUT2D eigenvalue weighted by atomic mass is 10.2. The fourth-order valence-electron chi connectivity index (χ4n) is 0.755. The van der Waals surface area contributed by atoms with Gasteiger partial charge in [0.2, 0.25) is 0 Å². The van der Waals surface area contributed by atoms with Crippen LogP contribution in [0.4, 0.5) is 0 Å². The Bertz CT molecular complexity index is 296. The molecule has 0 unspecified atom stereocenters. The molecule has 1 aromatic carbocycles. The Kier molecular flexibility index (Phi) is 1.39. The number of hydrogen-bond acceptors (Lipinski definition) is 0. The van der Waals surface area contributed by atoms with E-state index in [-0.39, 0.29) is 0 Å². The van der Waals surface area contributed by atoms with Gasteiger partial charge in [0.15, 0.2) is 0 Å². The monoisotopic (exact) mass is 118 g/mol. The molecule has 0 aromatic heterocycles. The van der Waals surface area contributed by atoms with E-state index in [0.717, 1.165) is 10.4 Å². The first kappa shape index (κ1) is 6.09. The van der Waals surface area contributed by atoms with E-state index < -0.39 is 0 Å². The van der Waals surface area contributed by atoms with Gasteiger partial charge < -0.3 is 0 Å². The molecule has 0 nitrogen and oxygen atoms in total. The van der Waals surface area contributed by atoms with Crippen LogP contribution in [-0.4, -0.2) is 0 Å². The van der Waals surface area contributed by atoms with Gasteiger partial charge >= 0.3 is 0 Å². The van der Waals surface area contributed by atoms with Crippen molar-refractivity contribution in [3.05, 3.63) is 34.2 Å². The lowest BCUT2D eigenvalue weighted by Gasteiger charge is -1.88. The minimum Gasteiger partial charge on any atom is -0.0912 e. The average molecular weight is 118 g/mol. The maximum Gasteiger partial charge on any atom is -0.0259 e. The molecule has 0 heteroatoms. The van der Waals surface area contributed by atoms with Gasteiger partial charge in [0.1, 0.15) is 0 Å². The first-order valence-corrected chi connectivity index (χ1v) is 2.95. The van der Waals surface area contributed by atoms with Crippen LogP contribution in [0.2, 0.25) is 0 Å². The maximum atomic E-state index is 3.82. The van der Waals surface area contributed by atoms with Crippen LogP contribution in [0.1, 0.15) is 5.56 Å². The summed E-state index contributed by atoms with van der Waals surface area (Å²) in [5.41, 5.74) is 1.24. The van der Waals surface area contributed by atoms with Gasteiger partial charge in [-0.2, -0.15) is 0 Å². The van der Waals surface area contributed by atoms with Crippen molar-refractivity contribution in [2.45, 2.75) is 6.92 Å². The summed E-state index contributed by atoms with van der Waals surface area (Å²) in [6.07, 6.45) is 0. The molecule has 46 valence electrons. The largest absolute Gasteiger partial charge is 0.0912 e. The topological polar surface area (TPSA) is 0 Å². The number of rotatable bonds is 0. The predicted octanol–water partition coefficient (Wildman–Crippen LogP) is 0.816. The van der Waals surface area contributed by atoms with Crippen molar-refractivity contribution < 1.29 is 0 Å². The summed E-state index contributed by atoms with van der Waals surface area (Å²) in [7, 11) is 0. The molecule has 1 rings (SSSR count). The van der Waals surface area contributed by atoms with Crippen LogP contribution < -0.4 is 10.4 Å². The lowest BCUT2D eigenvalue weighted by molar-refractivity contribution is 1.41. The Morgan fingerprint density at radius 3 is 2.22 bits per heavy atom. The van der Waals surface area contributed by atoms with Crippen molar-refractivity contribution in [2.75, 3.05) is 0 Å². The van der Waals surface area contributed by atoms with Crippen molar-refractivity contribution >= 4 is 13.2 Å². The zero-order valence-corrected chi connectivity index (χ0v) is 5.65. The fourth-order valence-corrected chi connectivity index (χ4v) is 0.755. The summed E-state index contributed by atoms with van der Waals surface area (Å²) in [5.74, 6) is 0. The van der Waals surface area contributed by atoms with Gasteiger partial charge in [-0.05, 0) is 17.4 Å². The molecular formula is C9H10. The Hall–Kier alpha value is -1.04. The van der Waals surface area contributed by atoms with E-state index in [4.69, 9.17) is 0 Å². The van der Waals surface area contributed by atoms with Crippen molar-refractivity contribution in [3.63, 3.8) is 0 Å². The van der Waals surface area contributed by atoms with Crippen molar-refractivity contribution in [1.29, 1.82) is 0 Å². The Labute approximate surface area is 55.1 Å². The van der Waals surface area contributed by atoms with Gasteiger partial charge in [-0.15, -0.1) is 0 Å². The van der Waals surface area contributed by atoms with Gasteiger partial charge in [-0.1, -0.05) is 36.9 Å². The molecule has 0 heterocycles. The SMILES string of the molecule is C=c1ccc(C)cc1=C. The molecule has 0 aliphatic heterocycles. The summed E-state index contributed by atoms with van der Waals surface area (Å²) >= 11 is 0. The molecule has 0 radical (unpaired) electrons. The van der Waals surface area contributed by atoms with E-state index in [1.54, 1.807) is 0 Å². The third kappa shape index (κ3) is 1.20. The molecule has 0 N–H and O–H groups in total. The second-order valence-corrected chi connectivity index (χ2v) is 2.27. The van der Waals surface area contributed by atoms with Gasteiger partial charge in [0.05, 0.1) is 0 Å². The molecule has 0 fully saturated rings. The molecule has 0 bridgehead atoms. The lowest BCUT2D eigenvalue weighted by Crippen LogP contribution is -2.20. The minimum absolute atomic E-state index is 1.01. The van der Waals surface area contributed by atoms with Gasteiger partial charge in [-0.3, -0.25) is 0 Å². The van der Waals surface area contributed by atoms with E-state index >= 15 is 0 Å². The van der Waals surface area contributed by atoms with Crippen LogP contribution in [0, 0.1) is 6.92 Å². The first-order valence-electron chi connectivity index (χ1n) is 2.95. The van der Waals surface area contributed by atoms with Crippen LogP contribution in [0.15, 0.2) is 18.2 Å². The zero-order valence-electron chi connectivity index (χ0n) is 5.65. The van der Waals surface area contributed by atoms with Gasteiger partial charge in [0.25, 0.3) is 0 Å². The maximum absolute atomic E-state index is 3.82. The third-order valence-electron chi connectivity index (χ3n) is 1.36. The molecule has 0 amide bonds. The Morgan fingerprint density at radius 2 is 1.78 bits per heavy atom. The fraction of sp³-hybridized carbons (Fsp3) is 0.111. The highest BCUT2D eigenvalue weighted by Crippen LogP contribution is 1.84. The second-order valence-electron chi connectivity index (χ2n) is 2.27. The molecule has 0 spiro atoms. The summed E-state index contributed by atoms with van der Waals surface area (Å²) < 4.78 is 0. The third-order valence-corrected chi connectivity index (χ3v) is 1.36. The average Bonchev–Trinajstić information content (AvgIpc) is 1.80. The normalized spacial score (nSPS) is 9.44. The van der Waals surface area contributed by atoms with Crippen molar-refractivity contribution in [1.82, 2.24) is 0 Å². The highest BCUT2D eigenvalue weighted by molar-refractivity contribution is 5.21. The Balaban J connectivity index is 3.53. The molecule has 0 saturated carbocycles. The summed E-state index contributed by atoms with van der Waals surface area (Å²) in [6.45, 7) is 9.67. The molecule has 0 saturated heterocycles. The van der Waals surface area contributed by atoms with E-state index in [1.165, 1.54) is 5.56 Å². The highest BCUT2D eigenvalue weighted by atomic mass is 13.9. The van der Waals surface area contributed by atoms with Gasteiger partial charge in [0, 0.05) is 0 Å². The van der Waals surface area contributed by atoms with Crippen LogP contribution in [0.25, 0.3) is 13.2 Å². The second kappa shape index (κ2) is 2.06. The molecule has 0 atom stereocenters. The van der Waals surface area contributed by atoms with E-state index in [1.807, 2.05) is 25.1 Å². The first-order chi connectivity index (χ1) is 4.20. The summed E-state index contributed by atoms with van der Waals surface area (Å²) in [4.78, 5) is 0. The zero-order chi connectivity index (χ0) is 6.85. The highest BCUT2D eigenvalue weighted by Gasteiger charge is 1.79. The smallest absolute Gasteiger partial charge is 0.0259 e. The van der Waals surface area contributed by atoms with E-state index in [2.05, 4.69) is 13.2 Å². The van der Waals surface area contributed by atoms with Crippen LogP contribution in [-0.2, 0) is 0 Å². The van der Waals surface area contributed by atoms with Crippen LogP contribution >= 0.6 is 0 Å². The molecule has 0 aliphatic rings.